The predicted octanol–water partition coefficient (Wildman–Crippen LogP) is 4.15. The summed E-state index contributed by atoms with van der Waals surface area (Å²) < 4.78 is 5.06. The fourth-order valence-electron chi connectivity index (χ4n) is 1.82. The molecular weight excluding hydrogens is 306 g/mol. The second-order valence-corrected chi connectivity index (χ2v) is 4.80. The number of ketones is 1. The van der Waals surface area contributed by atoms with Crippen molar-refractivity contribution in [2.75, 3.05) is 7.11 Å². The van der Waals surface area contributed by atoms with Gasteiger partial charge in [0.15, 0.2) is 5.78 Å². The molecule has 0 aliphatic carbocycles. The lowest BCUT2D eigenvalue weighted by molar-refractivity contribution is -0.384. The molecule has 2 aromatic rings. The third kappa shape index (κ3) is 3.71. The van der Waals surface area contributed by atoms with Crippen molar-refractivity contribution >= 4 is 29.1 Å². The lowest BCUT2D eigenvalue weighted by Gasteiger charge is -2.01. The maximum Gasteiger partial charge on any atom is 0.288 e. The third-order valence-electron chi connectivity index (χ3n) is 2.95. The monoisotopic (exact) mass is 317 g/mol. The normalized spacial score (nSPS) is 10.6. The van der Waals surface area contributed by atoms with E-state index in [4.69, 9.17) is 16.3 Å². The topological polar surface area (TPSA) is 69.4 Å². The van der Waals surface area contributed by atoms with Crippen molar-refractivity contribution in [3.8, 4) is 5.75 Å². The highest BCUT2D eigenvalue weighted by atomic mass is 35.5. The lowest BCUT2D eigenvalue weighted by atomic mass is 10.1. The number of nitrogens with zero attached hydrogens (tertiary/aromatic N) is 1. The van der Waals surface area contributed by atoms with Gasteiger partial charge in [-0.05, 0) is 29.8 Å². The highest BCUT2D eigenvalue weighted by molar-refractivity contribution is 6.32. The molecule has 0 amide bonds. The zero-order valence-corrected chi connectivity index (χ0v) is 12.4. The Morgan fingerprint density at radius 3 is 2.73 bits per heavy atom. The van der Waals surface area contributed by atoms with Gasteiger partial charge in [0.2, 0.25) is 0 Å². The molecule has 0 spiro atoms. The van der Waals surface area contributed by atoms with Crippen LogP contribution in [0.4, 0.5) is 5.69 Å². The smallest absolute Gasteiger partial charge is 0.288 e. The van der Waals surface area contributed by atoms with Gasteiger partial charge in [-0.2, -0.15) is 0 Å². The Balaban J connectivity index is 2.22. The molecule has 0 fully saturated rings. The Hall–Kier alpha value is -2.66. The van der Waals surface area contributed by atoms with Crippen molar-refractivity contribution in [2.24, 2.45) is 0 Å². The van der Waals surface area contributed by atoms with E-state index in [0.29, 0.717) is 16.9 Å². The number of ether oxygens (including phenoxy) is 1. The van der Waals surface area contributed by atoms with Crippen molar-refractivity contribution in [3.63, 3.8) is 0 Å². The SMILES string of the molecule is COc1cccc(C(=O)/C=C/c2ccc(Cl)c([N+](=O)[O-])c2)c1. The Kier molecular flexibility index (Phi) is 4.91. The van der Waals surface area contributed by atoms with Crippen LogP contribution in [0.3, 0.4) is 0 Å². The minimum absolute atomic E-state index is 0.0567. The number of halogens is 1. The molecule has 0 radical (unpaired) electrons. The molecule has 0 bridgehead atoms. The van der Waals surface area contributed by atoms with E-state index in [0.717, 1.165) is 0 Å². The summed E-state index contributed by atoms with van der Waals surface area (Å²) in [6.07, 6.45) is 2.85. The molecule has 22 heavy (non-hydrogen) atoms. The summed E-state index contributed by atoms with van der Waals surface area (Å²) in [5.41, 5.74) is 0.795. The Morgan fingerprint density at radius 2 is 2.05 bits per heavy atom. The molecule has 0 aliphatic rings. The summed E-state index contributed by atoms with van der Waals surface area (Å²) in [5, 5.41) is 10.9. The average Bonchev–Trinajstić information content (AvgIpc) is 2.53. The molecule has 0 N–H and O–H groups in total. The molecular formula is C16H12ClNO4. The standard InChI is InChI=1S/C16H12ClNO4/c1-22-13-4-2-3-12(10-13)16(19)8-6-11-5-7-14(17)15(9-11)18(20)21/h2-10H,1H3/b8-6+. The molecule has 0 saturated heterocycles. The molecule has 5 nitrogen and oxygen atoms in total. The first-order valence-electron chi connectivity index (χ1n) is 6.31. The van der Waals surface area contributed by atoms with Crippen LogP contribution in [0.2, 0.25) is 5.02 Å². The summed E-state index contributed by atoms with van der Waals surface area (Å²) in [6.45, 7) is 0. The highest BCUT2D eigenvalue weighted by Gasteiger charge is 2.11. The number of allylic oxidation sites excluding steroid dienone is 1. The quantitative estimate of drug-likeness (QED) is 0.359. The molecule has 6 heteroatoms. The number of rotatable bonds is 5. The highest BCUT2D eigenvalue weighted by Crippen LogP contribution is 2.25. The number of hydrogen-bond acceptors (Lipinski definition) is 4. The largest absolute Gasteiger partial charge is 0.497 e. The lowest BCUT2D eigenvalue weighted by Crippen LogP contribution is -1.95. The van der Waals surface area contributed by atoms with E-state index >= 15 is 0 Å². The second-order valence-electron chi connectivity index (χ2n) is 4.40. The number of methoxy groups -OCH3 is 1. The van der Waals surface area contributed by atoms with Crippen LogP contribution in [0.5, 0.6) is 5.75 Å². The first-order chi connectivity index (χ1) is 10.5. The van der Waals surface area contributed by atoms with Crippen molar-refractivity contribution < 1.29 is 14.5 Å². The molecule has 0 atom stereocenters. The molecule has 2 aromatic carbocycles. The van der Waals surface area contributed by atoms with E-state index in [9.17, 15) is 14.9 Å². The van der Waals surface area contributed by atoms with E-state index in [1.54, 1.807) is 30.3 Å². The van der Waals surface area contributed by atoms with Gasteiger partial charge < -0.3 is 4.74 Å². The van der Waals surface area contributed by atoms with Crippen molar-refractivity contribution in [1.29, 1.82) is 0 Å². The van der Waals surface area contributed by atoms with Crippen molar-refractivity contribution in [1.82, 2.24) is 0 Å². The molecule has 0 aliphatic heterocycles. The summed E-state index contributed by atoms with van der Waals surface area (Å²) in [4.78, 5) is 22.3. The van der Waals surface area contributed by atoms with Gasteiger partial charge >= 0.3 is 0 Å². The van der Waals surface area contributed by atoms with E-state index in [2.05, 4.69) is 0 Å². The number of carbonyl (C=O) groups excluding carboxylic acids is 1. The Bertz CT molecular complexity index is 756. The van der Waals surface area contributed by atoms with Gasteiger partial charge in [0.05, 0.1) is 12.0 Å². The van der Waals surface area contributed by atoms with Gasteiger partial charge in [-0.25, -0.2) is 0 Å². The number of nitro benzene ring substituents is 1. The van der Waals surface area contributed by atoms with Crippen LogP contribution in [-0.4, -0.2) is 17.8 Å². The molecule has 112 valence electrons. The Morgan fingerprint density at radius 1 is 1.27 bits per heavy atom. The predicted molar refractivity (Wildman–Crippen MR) is 84.5 cm³/mol. The molecule has 0 unspecified atom stereocenters. The molecule has 0 saturated carbocycles. The minimum atomic E-state index is -0.566. The van der Waals surface area contributed by atoms with Crippen LogP contribution in [-0.2, 0) is 0 Å². The van der Waals surface area contributed by atoms with Crippen LogP contribution >= 0.6 is 11.6 Å². The van der Waals surface area contributed by atoms with Gasteiger partial charge in [0.1, 0.15) is 10.8 Å². The van der Waals surface area contributed by atoms with Gasteiger partial charge in [0, 0.05) is 11.6 Å². The van der Waals surface area contributed by atoms with Crippen molar-refractivity contribution in [2.45, 2.75) is 0 Å². The second kappa shape index (κ2) is 6.87. The Labute approximate surface area is 131 Å². The summed E-state index contributed by atoms with van der Waals surface area (Å²) in [6, 6.07) is 11.1. The summed E-state index contributed by atoms with van der Waals surface area (Å²) in [7, 11) is 1.52. The number of hydrogen-bond donors (Lipinski definition) is 0. The van der Waals surface area contributed by atoms with Gasteiger partial charge in [-0.1, -0.05) is 35.9 Å². The summed E-state index contributed by atoms with van der Waals surface area (Å²) >= 11 is 5.74. The van der Waals surface area contributed by atoms with Gasteiger partial charge in [-0.3, -0.25) is 14.9 Å². The van der Waals surface area contributed by atoms with E-state index in [-0.39, 0.29) is 16.5 Å². The van der Waals surface area contributed by atoms with Crippen LogP contribution in [0, 0.1) is 10.1 Å². The molecule has 2 rings (SSSR count). The summed E-state index contributed by atoms with van der Waals surface area (Å²) in [5.74, 6) is 0.359. The van der Waals surface area contributed by atoms with E-state index < -0.39 is 4.92 Å². The minimum Gasteiger partial charge on any atom is -0.497 e. The molecule has 0 aromatic heterocycles. The maximum absolute atomic E-state index is 12.1. The van der Waals surface area contributed by atoms with Crippen LogP contribution in [0.1, 0.15) is 15.9 Å². The van der Waals surface area contributed by atoms with Crippen LogP contribution in [0.25, 0.3) is 6.08 Å². The van der Waals surface area contributed by atoms with Crippen molar-refractivity contribution in [3.05, 3.63) is 74.8 Å². The number of benzene rings is 2. The number of nitro groups is 1. The first kappa shape index (κ1) is 15.7. The number of carbonyl (C=O) groups is 1. The van der Waals surface area contributed by atoms with Gasteiger partial charge in [0.25, 0.3) is 5.69 Å². The zero-order valence-electron chi connectivity index (χ0n) is 11.7. The third-order valence-corrected chi connectivity index (χ3v) is 3.27. The average molecular weight is 318 g/mol. The van der Waals surface area contributed by atoms with Gasteiger partial charge in [-0.15, -0.1) is 0 Å². The van der Waals surface area contributed by atoms with Crippen LogP contribution < -0.4 is 4.74 Å². The molecule has 0 heterocycles. The zero-order chi connectivity index (χ0) is 16.1. The van der Waals surface area contributed by atoms with Crippen LogP contribution in [0.15, 0.2) is 48.5 Å². The fourth-order valence-corrected chi connectivity index (χ4v) is 2.00. The van der Waals surface area contributed by atoms with E-state index in [1.807, 2.05) is 0 Å². The first-order valence-corrected chi connectivity index (χ1v) is 6.69. The maximum atomic E-state index is 12.1. The fraction of sp³-hybridized carbons (Fsp3) is 0.0625. The van der Waals surface area contributed by atoms with E-state index in [1.165, 1.54) is 31.4 Å².